The van der Waals surface area contributed by atoms with Crippen molar-refractivity contribution in [2.75, 3.05) is 11.5 Å². The van der Waals surface area contributed by atoms with Crippen molar-refractivity contribution in [2.24, 2.45) is 11.8 Å². The highest BCUT2D eigenvalue weighted by molar-refractivity contribution is 7.98. The van der Waals surface area contributed by atoms with E-state index in [-0.39, 0.29) is 0 Å². The van der Waals surface area contributed by atoms with E-state index in [9.17, 15) is 0 Å². The van der Waals surface area contributed by atoms with Gasteiger partial charge in [0.15, 0.2) is 5.22 Å². The average molecular weight is 263 g/mol. The van der Waals surface area contributed by atoms with E-state index in [1.54, 1.807) is 6.07 Å². The summed E-state index contributed by atoms with van der Waals surface area (Å²) in [7, 11) is 0. The molecule has 1 unspecified atom stereocenters. The Bertz CT molecular complexity index is 309. The van der Waals surface area contributed by atoms with Crippen LogP contribution in [-0.2, 0) is 5.75 Å². The van der Waals surface area contributed by atoms with Crippen molar-refractivity contribution in [1.29, 1.82) is 0 Å². The minimum Gasteiger partial charge on any atom is -0.449 e. The normalized spacial score (nSPS) is 18.0. The van der Waals surface area contributed by atoms with Crippen molar-refractivity contribution in [3.05, 3.63) is 23.1 Å². The lowest BCUT2D eigenvalue weighted by Crippen LogP contribution is -2.08. The molecular weight excluding hydrogens is 248 g/mol. The summed E-state index contributed by atoms with van der Waals surface area (Å²) in [6.45, 7) is 0. The van der Waals surface area contributed by atoms with Crippen molar-refractivity contribution in [3.8, 4) is 0 Å². The minimum atomic E-state index is 0.485. The Morgan fingerprint density at radius 3 is 2.87 bits per heavy atom. The molecule has 0 N–H and O–H groups in total. The molecule has 1 aromatic rings. The zero-order valence-electron chi connectivity index (χ0n) is 8.49. The summed E-state index contributed by atoms with van der Waals surface area (Å²) in [6.07, 6.45) is 2.80. The molecule has 1 aliphatic carbocycles. The van der Waals surface area contributed by atoms with E-state index in [0.29, 0.717) is 5.22 Å². The van der Waals surface area contributed by atoms with Crippen LogP contribution in [0.25, 0.3) is 0 Å². The zero-order chi connectivity index (χ0) is 10.7. The smallest absolute Gasteiger partial charge is 0.193 e. The summed E-state index contributed by atoms with van der Waals surface area (Å²) in [5.74, 6) is 5.81. The van der Waals surface area contributed by atoms with Crippen molar-refractivity contribution in [3.63, 3.8) is 0 Å². The van der Waals surface area contributed by atoms with Crippen LogP contribution < -0.4 is 0 Å². The van der Waals surface area contributed by atoms with Crippen LogP contribution in [0, 0.1) is 11.8 Å². The second kappa shape index (κ2) is 5.55. The van der Waals surface area contributed by atoms with Gasteiger partial charge in [0.1, 0.15) is 5.76 Å². The summed E-state index contributed by atoms with van der Waals surface area (Å²) in [5.41, 5.74) is 0. The van der Waals surface area contributed by atoms with Gasteiger partial charge in [0.05, 0.1) is 5.75 Å². The maximum Gasteiger partial charge on any atom is 0.193 e. The van der Waals surface area contributed by atoms with Crippen LogP contribution >= 0.6 is 36.0 Å². The fourth-order valence-corrected chi connectivity index (χ4v) is 3.58. The van der Waals surface area contributed by atoms with E-state index in [0.717, 1.165) is 29.1 Å². The first-order valence-corrected chi connectivity index (χ1v) is 7.39. The number of hydrogen-bond donors (Lipinski definition) is 1. The van der Waals surface area contributed by atoms with Gasteiger partial charge < -0.3 is 4.42 Å². The predicted molar refractivity (Wildman–Crippen MR) is 69.9 cm³/mol. The van der Waals surface area contributed by atoms with Gasteiger partial charge in [0, 0.05) is 0 Å². The number of furan rings is 1. The first kappa shape index (κ1) is 11.7. The Morgan fingerprint density at radius 1 is 1.53 bits per heavy atom. The van der Waals surface area contributed by atoms with Gasteiger partial charge in [-0.1, -0.05) is 0 Å². The molecule has 1 heterocycles. The van der Waals surface area contributed by atoms with Crippen molar-refractivity contribution in [1.82, 2.24) is 0 Å². The van der Waals surface area contributed by atoms with Crippen LogP contribution in [0.2, 0.25) is 5.22 Å². The van der Waals surface area contributed by atoms with Crippen LogP contribution in [0.1, 0.15) is 18.6 Å². The summed E-state index contributed by atoms with van der Waals surface area (Å²) in [5, 5.41) is 0.485. The first-order valence-electron chi connectivity index (χ1n) is 5.22. The molecule has 1 saturated carbocycles. The second-order valence-corrected chi connectivity index (χ2v) is 5.77. The number of halogens is 1. The summed E-state index contributed by atoms with van der Waals surface area (Å²) in [4.78, 5) is 0. The third kappa shape index (κ3) is 3.65. The van der Waals surface area contributed by atoms with E-state index >= 15 is 0 Å². The Labute approximate surface area is 105 Å². The van der Waals surface area contributed by atoms with Gasteiger partial charge in [-0.15, -0.1) is 0 Å². The Morgan fingerprint density at radius 2 is 2.33 bits per heavy atom. The third-order valence-corrected chi connectivity index (χ3v) is 4.55. The standard InChI is InChI=1S/C11H15ClOS2/c12-11-4-3-10(13-11)7-15-6-9(5-14)8-1-2-8/h3-4,8-9,14H,1-2,5-7H2. The molecule has 0 aliphatic heterocycles. The Balaban J connectivity index is 1.69. The van der Waals surface area contributed by atoms with E-state index < -0.39 is 0 Å². The molecule has 1 aliphatic rings. The average Bonchev–Trinajstić information content (AvgIpc) is 2.98. The molecule has 0 amide bonds. The highest BCUT2D eigenvalue weighted by atomic mass is 35.5. The van der Waals surface area contributed by atoms with Crippen molar-refractivity contribution >= 4 is 36.0 Å². The predicted octanol–water partition coefficient (Wildman–Crippen LogP) is 4.12. The van der Waals surface area contributed by atoms with Crippen LogP contribution in [0.5, 0.6) is 0 Å². The van der Waals surface area contributed by atoms with Crippen molar-refractivity contribution in [2.45, 2.75) is 18.6 Å². The third-order valence-electron chi connectivity index (χ3n) is 2.73. The van der Waals surface area contributed by atoms with E-state index in [2.05, 4.69) is 12.6 Å². The minimum absolute atomic E-state index is 0.485. The lowest BCUT2D eigenvalue weighted by atomic mass is 10.1. The lowest BCUT2D eigenvalue weighted by molar-refractivity contribution is 0.531. The molecular formula is C11H15ClOS2. The van der Waals surface area contributed by atoms with Gasteiger partial charge in [-0.2, -0.15) is 24.4 Å². The van der Waals surface area contributed by atoms with Crippen LogP contribution in [0.15, 0.2) is 16.5 Å². The molecule has 1 fully saturated rings. The molecule has 1 nitrogen and oxygen atoms in total. The number of thiol groups is 1. The number of hydrogen-bond acceptors (Lipinski definition) is 3. The molecule has 2 rings (SSSR count). The van der Waals surface area contributed by atoms with Crippen molar-refractivity contribution < 1.29 is 4.42 Å². The zero-order valence-corrected chi connectivity index (χ0v) is 11.0. The number of rotatable bonds is 6. The maximum atomic E-state index is 5.70. The van der Waals surface area contributed by atoms with E-state index in [4.69, 9.17) is 16.0 Å². The molecule has 15 heavy (non-hydrogen) atoms. The topological polar surface area (TPSA) is 13.1 Å². The van der Waals surface area contributed by atoms with Gasteiger partial charge in [-0.05, 0) is 59.9 Å². The van der Waals surface area contributed by atoms with E-state index in [1.807, 2.05) is 17.8 Å². The summed E-state index contributed by atoms with van der Waals surface area (Å²) < 4.78 is 5.30. The van der Waals surface area contributed by atoms with Gasteiger partial charge in [-0.3, -0.25) is 0 Å². The van der Waals surface area contributed by atoms with Gasteiger partial charge in [0.2, 0.25) is 0 Å². The molecule has 0 saturated heterocycles. The molecule has 4 heteroatoms. The fraction of sp³-hybridized carbons (Fsp3) is 0.636. The van der Waals surface area contributed by atoms with Gasteiger partial charge in [-0.25, -0.2) is 0 Å². The Kier molecular flexibility index (Phi) is 4.35. The summed E-state index contributed by atoms with van der Waals surface area (Å²) >= 11 is 12.0. The second-order valence-electron chi connectivity index (χ2n) is 4.00. The molecule has 84 valence electrons. The highest BCUT2D eigenvalue weighted by Crippen LogP contribution is 2.39. The number of thioether (sulfide) groups is 1. The molecule has 0 bridgehead atoms. The summed E-state index contributed by atoms with van der Waals surface area (Å²) in [6, 6.07) is 3.75. The van der Waals surface area contributed by atoms with Gasteiger partial charge >= 0.3 is 0 Å². The molecule has 1 atom stereocenters. The van der Waals surface area contributed by atoms with Crippen LogP contribution in [0.4, 0.5) is 0 Å². The first-order chi connectivity index (χ1) is 7.29. The van der Waals surface area contributed by atoms with Crippen LogP contribution in [-0.4, -0.2) is 11.5 Å². The highest BCUT2D eigenvalue weighted by Gasteiger charge is 2.29. The van der Waals surface area contributed by atoms with Crippen LogP contribution in [0.3, 0.4) is 0 Å². The fourth-order valence-electron chi connectivity index (χ4n) is 1.65. The Hall–Kier alpha value is 0.270. The molecule has 0 radical (unpaired) electrons. The largest absolute Gasteiger partial charge is 0.449 e. The molecule has 0 aromatic carbocycles. The quantitative estimate of drug-likeness (QED) is 0.775. The lowest BCUT2D eigenvalue weighted by Gasteiger charge is -2.11. The molecule has 1 aromatic heterocycles. The molecule has 0 spiro atoms. The SMILES string of the molecule is SCC(CSCc1ccc(Cl)o1)C1CC1. The monoisotopic (exact) mass is 262 g/mol. The van der Waals surface area contributed by atoms with Gasteiger partial charge in [0.25, 0.3) is 0 Å². The van der Waals surface area contributed by atoms with E-state index in [1.165, 1.54) is 18.6 Å². The maximum absolute atomic E-state index is 5.70.